The molecule has 0 aliphatic carbocycles. The fraction of sp³-hybridized carbons (Fsp3) is 0.312. The minimum atomic E-state index is 0.603. The Labute approximate surface area is 123 Å². The van der Waals surface area contributed by atoms with E-state index in [0.29, 0.717) is 13.1 Å². The molecule has 2 aromatic rings. The summed E-state index contributed by atoms with van der Waals surface area (Å²) < 4.78 is 0. The monoisotopic (exact) mass is 277 g/mol. The predicted octanol–water partition coefficient (Wildman–Crippen LogP) is 1.84. The molecule has 4 rings (SSSR count). The zero-order valence-corrected chi connectivity index (χ0v) is 11.7. The van der Waals surface area contributed by atoms with Crippen molar-refractivity contribution in [2.75, 3.05) is 11.4 Å². The molecule has 1 aromatic heterocycles. The first kappa shape index (κ1) is 12.2. The molecule has 0 bridgehead atoms. The Kier molecular flexibility index (Phi) is 2.74. The SMILES string of the molecule is N#CN1Cc2ncnc(N3CCc4ccccc4C3)c2C1. The van der Waals surface area contributed by atoms with Gasteiger partial charge in [0.25, 0.3) is 0 Å². The van der Waals surface area contributed by atoms with E-state index in [0.717, 1.165) is 36.6 Å². The largest absolute Gasteiger partial charge is 0.352 e. The number of rotatable bonds is 1. The van der Waals surface area contributed by atoms with Gasteiger partial charge in [-0.3, -0.25) is 0 Å². The molecule has 0 atom stereocenters. The van der Waals surface area contributed by atoms with E-state index in [4.69, 9.17) is 5.26 Å². The zero-order valence-electron chi connectivity index (χ0n) is 11.7. The lowest BCUT2D eigenvalue weighted by Gasteiger charge is -2.30. The molecule has 2 aliphatic rings. The lowest BCUT2D eigenvalue weighted by molar-refractivity contribution is 0.415. The molecule has 21 heavy (non-hydrogen) atoms. The van der Waals surface area contributed by atoms with Gasteiger partial charge in [-0.05, 0) is 17.5 Å². The van der Waals surface area contributed by atoms with Crippen LogP contribution in [0.15, 0.2) is 30.6 Å². The molecule has 5 nitrogen and oxygen atoms in total. The van der Waals surface area contributed by atoms with Gasteiger partial charge >= 0.3 is 0 Å². The van der Waals surface area contributed by atoms with E-state index in [9.17, 15) is 0 Å². The van der Waals surface area contributed by atoms with Crippen molar-refractivity contribution >= 4 is 5.82 Å². The molecule has 0 saturated carbocycles. The first-order chi connectivity index (χ1) is 10.3. The third-order valence-electron chi connectivity index (χ3n) is 4.27. The third-order valence-corrected chi connectivity index (χ3v) is 4.27. The quantitative estimate of drug-likeness (QED) is 0.744. The number of fused-ring (bicyclic) bond motifs is 2. The summed E-state index contributed by atoms with van der Waals surface area (Å²) in [7, 11) is 0. The Morgan fingerprint density at radius 2 is 1.90 bits per heavy atom. The van der Waals surface area contributed by atoms with E-state index in [1.165, 1.54) is 11.1 Å². The lowest BCUT2D eigenvalue weighted by Crippen LogP contribution is -2.32. The molecular weight excluding hydrogens is 262 g/mol. The summed E-state index contributed by atoms with van der Waals surface area (Å²) >= 11 is 0. The highest BCUT2D eigenvalue weighted by Gasteiger charge is 2.27. The van der Waals surface area contributed by atoms with Crippen LogP contribution in [0.1, 0.15) is 22.4 Å². The number of hydrogen-bond donors (Lipinski definition) is 0. The highest BCUT2D eigenvalue weighted by atomic mass is 15.2. The van der Waals surface area contributed by atoms with Gasteiger partial charge < -0.3 is 9.80 Å². The fourth-order valence-electron chi connectivity index (χ4n) is 3.18. The first-order valence-corrected chi connectivity index (χ1v) is 7.14. The van der Waals surface area contributed by atoms with Gasteiger partial charge in [-0.1, -0.05) is 24.3 Å². The van der Waals surface area contributed by atoms with Gasteiger partial charge in [0.15, 0.2) is 6.19 Å². The summed E-state index contributed by atoms with van der Waals surface area (Å²) in [6.07, 6.45) is 4.86. The molecular formula is C16H15N5. The molecule has 104 valence electrons. The van der Waals surface area contributed by atoms with Gasteiger partial charge in [-0.2, -0.15) is 5.26 Å². The first-order valence-electron chi connectivity index (χ1n) is 7.14. The van der Waals surface area contributed by atoms with E-state index >= 15 is 0 Å². The summed E-state index contributed by atoms with van der Waals surface area (Å²) in [6, 6.07) is 8.57. The Balaban J connectivity index is 1.68. The van der Waals surface area contributed by atoms with Crippen molar-refractivity contribution in [3.63, 3.8) is 0 Å². The van der Waals surface area contributed by atoms with E-state index in [1.54, 1.807) is 11.2 Å². The molecule has 0 N–H and O–H groups in total. The molecule has 0 unspecified atom stereocenters. The molecule has 5 heteroatoms. The number of anilines is 1. The van der Waals surface area contributed by atoms with Gasteiger partial charge in [0.2, 0.25) is 0 Å². The Morgan fingerprint density at radius 3 is 2.76 bits per heavy atom. The smallest absolute Gasteiger partial charge is 0.180 e. The molecule has 0 spiro atoms. The summed E-state index contributed by atoms with van der Waals surface area (Å²) in [5, 5.41) is 9.08. The molecule has 0 amide bonds. The molecule has 0 saturated heterocycles. The van der Waals surface area contributed by atoms with Crippen molar-refractivity contribution in [1.82, 2.24) is 14.9 Å². The zero-order chi connectivity index (χ0) is 14.2. The predicted molar refractivity (Wildman–Crippen MR) is 78.1 cm³/mol. The lowest BCUT2D eigenvalue weighted by atomic mass is 9.99. The average molecular weight is 277 g/mol. The van der Waals surface area contributed by atoms with Crippen LogP contribution in [0.5, 0.6) is 0 Å². The van der Waals surface area contributed by atoms with Crippen molar-refractivity contribution in [2.24, 2.45) is 0 Å². The average Bonchev–Trinajstić information content (AvgIpc) is 2.97. The van der Waals surface area contributed by atoms with E-state index in [1.807, 2.05) is 0 Å². The second-order valence-electron chi connectivity index (χ2n) is 5.52. The van der Waals surface area contributed by atoms with Crippen LogP contribution in [-0.4, -0.2) is 21.4 Å². The second-order valence-corrected chi connectivity index (χ2v) is 5.52. The maximum atomic E-state index is 9.08. The van der Waals surface area contributed by atoms with E-state index in [-0.39, 0.29) is 0 Å². The highest BCUT2D eigenvalue weighted by Crippen LogP contribution is 2.31. The Bertz CT molecular complexity index is 734. The normalized spacial score (nSPS) is 16.3. The Hall–Kier alpha value is -2.61. The number of aromatic nitrogens is 2. The summed E-state index contributed by atoms with van der Waals surface area (Å²) in [4.78, 5) is 12.9. The topological polar surface area (TPSA) is 56.1 Å². The third kappa shape index (κ3) is 2.00. The van der Waals surface area contributed by atoms with Gasteiger partial charge in [-0.15, -0.1) is 0 Å². The van der Waals surface area contributed by atoms with Crippen molar-refractivity contribution in [1.29, 1.82) is 5.26 Å². The number of hydrogen-bond acceptors (Lipinski definition) is 5. The van der Waals surface area contributed by atoms with Crippen LogP contribution >= 0.6 is 0 Å². The van der Waals surface area contributed by atoms with Crippen LogP contribution < -0.4 is 4.90 Å². The maximum absolute atomic E-state index is 9.08. The van der Waals surface area contributed by atoms with Gasteiger partial charge in [0, 0.05) is 18.7 Å². The van der Waals surface area contributed by atoms with Gasteiger partial charge in [0.1, 0.15) is 12.1 Å². The van der Waals surface area contributed by atoms with Crippen molar-refractivity contribution in [2.45, 2.75) is 26.1 Å². The molecule has 1 aromatic carbocycles. The maximum Gasteiger partial charge on any atom is 0.180 e. The van der Waals surface area contributed by atoms with Crippen LogP contribution in [0.2, 0.25) is 0 Å². The van der Waals surface area contributed by atoms with Crippen LogP contribution in [0, 0.1) is 11.5 Å². The standard InChI is InChI=1S/C16H15N5/c17-10-20-8-14-15(9-20)18-11-19-16(14)21-6-5-12-3-1-2-4-13(12)7-21/h1-4,11H,5-9H2. The number of benzene rings is 1. The summed E-state index contributed by atoms with van der Waals surface area (Å²) in [5.41, 5.74) is 4.89. The van der Waals surface area contributed by atoms with Crippen LogP contribution in [0.4, 0.5) is 5.82 Å². The fourth-order valence-corrected chi connectivity index (χ4v) is 3.18. The number of nitrogens with zero attached hydrogens (tertiary/aromatic N) is 5. The van der Waals surface area contributed by atoms with Crippen molar-refractivity contribution in [3.05, 3.63) is 53.0 Å². The van der Waals surface area contributed by atoms with Crippen LogP contribution in [-0.2, 0) is 26.1 Å². The molecule has 3 heterocycles. The molecule has 0 radical (unpaired) electrons. The van der Waals surface area contributed by atoms with Crippen molar-refractivity contribution in [3.8, 4) is 6.19 Å². The summed E-state index contributed by atoms with van der Waals surface area (Å²) in [5.74, 6) is 0.993. The minimum Gasteiger partial charge on any atom is -0.352 e. The summed E-state index contributed by atoms with van der Waals surface area (Å²) in [6.45, 7) is 3.07. The van der Waals surface area contributed by atoms with E-state index in [2.05, 4.69) is 45.3 Å². The van der Waals surface area contributed by atoms with Crippen molar-refractivity contribution < 1.29 is 0 Å². The second kappa shape index (κ2) is 4.74. The van der Waals surface area contributed by atoms with Crippen LogP contribution in [0.25, 0.3) is 0 Å². The van der Waals surface area contributed by atoms with Gasteiger partial charge in [-0.25, -0.2) is 9.97 Å². The molecule has 2 aliphatic heterocycles. The minimum absolute atomic E-state index is 0.603. The van der Waals surface area contributed by atoms with Crippen LogP contribution in [0.3, 0.4) is 0 Å². The number of nitriles is 1. The van der Waals surface area contributed by atoms with Gasteiger partial charge in [0.05, 0.1) is 18.8 Å². The highest BCUT2D eigenvalue weighted by molar-refractivity contribution is 5.52. The Morgan fingerprint density at radius 1 is 1.05 bits per heavy atom. The molecule has 0 fully saturated rings. The van der Waals surface area contributed by atoms with E-state index < -0.39 is 0 Å².